The van der Waals surface area contributed by atoms with Gasteiger partial charge in [-0.1, -0.05) is 6.92 Å². The molecule has 0 radical (unpaired) electrons. The van der Waals surface area contributed by atoms with Crippen LogP contribution >= 0.6 is 0 Å². The number of nitrogens with zero attached hydrogens (tertiary/aromatic N) is 1. The fourth-order valence-corrected chi connectivity index (χ4v) is 2.77. The van der Waals surface area contributed by atoms with Gasteiger partial charge >= 0.3 is 0 Å². The number of methoxy groups -OCH3 is 1. The van der Waals surface area contributed by atoms with Crippen LogP contribution in [-0.4, -0.2) is 49.3 Å². The average molecular weight is 292 g/mol. The number of hydrogen-bond donors (Lipinski definition) is 2. The first-order valence-corrected chi connectivity index (χ1v) is 7.32. The van der Waals surface area contributed by atoms with Gasteiger partial charge in [0.25, 0.3) is 0 Å². The van der Waals surface area contributed by atoms with Gasteiger partial charge in [0.2, 0.25) is 5.91 Å². The maximum absolute atomic E-state index is 12.1. The summed E-state index contributed by atoms with van der Waals surface area (Å²) in [6.07, 6.45) is 2.03. The number of carbonyl (C=O) groups is 1. The number of benzene rings is 1. The van der Waals surface area contributed by atoms with Gasteiger partial charge in [-0.15, -0.1) is 0 Å². The van der Waals surface area contributed by atoms with Gasteiger partial charge in [0, 0.05) is 24.3 Å². The van der Waals surface area contributed by atoms with Crippen LogP contribution in [0, 0.1) is 5.41 Å². The molecule has 1 aliphatic rings. The van der Waals surface area contributed by atoms with Gasteiger partial charge in [0.1, 0.15) is 5.75 Å². The fourth-order valence-electron chi connectivity index (χ4n) is 2.77. The third kappa shape index (κ3) is 4.44. The molecule has 2 rings (SSSR count). The van der Waals surface area contributed by atoms with Crippen molar-refractivity contribution in [3.8, 4) is 5.75 Å². The summed E-state index contributed by atoms with van der Waals surface area (Å²) >= 11 is 0. The van der Waals surface area contributed by atoms with Crippen LogP contribution in [0.4, 0.5) is 5.69 Å². The van der Waals surface area contributed by atoms with Crippen molar-refractivity contribution in [1.29, 1.82) is 0 Å². The number of piperidine rings is 1. The van der Waals surface area contributed by atoms with Crippen molar-refractivity contribution in [2.45, 2.75) is 19.8 Å². The highest BCUT2D eigenvalue weighted by Crippen LogP contribution is 2.28. The van der Waals surface area contributed by atoms with E-state index in [9.17, 15) is 9.90 Å². The molecule has 116 valence electrons. The summed E-state index contributed by atoms with van der Waals surface area (Å²) in [7, 11) is 1.61. The van der Waals surface area contributed by atoms with Crippen molar-refractivity contribution in [3.63, 3.8) is 0 Å². The normalized spacial score (nSPS) is 22.8. The number of hydrogen-bond acceptors (Lipinski definition) is 4. The van der Waals surface area contributed by atoms with Crippen molar-refractivity contribution in [1.82, 2.24) is 4.90 Å². The van der Waals surface area contributed by atoms with E-state index < -0.39 is 0 Å². The number of likely N-dealkylation sites (tertiary alicyclic amines) is 1. The van der Waals surface area contributed by atoms with Gasteiger partial charge in [-0.3, -0.25) is 9.69 Å². The minimum absolute atomic E-state index is 0.0256. The van der Waals surface area contributed by atoms with E-state index in [0.717, 1.165) is 37.4 Å². The zero-order chi connectivity index (χ0) is 15.3. The van der Waals surface area contributed by atoms with E-state index in [1.54, 1.807) is 7.11 Å². The minimum atomic E-state index is -0.0847. The molecule has 5 nitrogen and oxygen atoms in total. The predicted octanol–water partition coefficient (Wildman–Crippen LogP) is 1.73. The van der Waals surface area contributed by atoms with Crippen LogP contribution in [0.2, 0.25) is 0 Å². The SMILES string of the molecule is COc1ccc(NC(=O)CN2CCCC(C)(CO)C2)cc1. The van der Waals surface area contributed by atoms with Crippen LogP contribution in [0.15, 0.2) is 24.3 Å². The molecule has 1 fully saturated rings. The molecule has 1 amide bonds. The van der Waals surface area contributed by atoms with Crippen LogP contribution in [0.3, 0.4) is 0 Å². The number of ether oxygens (including phenoxy) is 1. The highest BCUT2D eigenvalue weighted by atomic mass is 16.5. The van der Waals surface area contributed by atoms with Crippen molar-refractivity contribution < 1.29 is 14.6 Å². The second-order valence-electron chi connectivity index (χ2n) is 6.06. The number of aliphatic hydroxyl groups excluding tert-OH is 1. The van der Waals surface area contributed by atoms with Gasteiger partial charge in [0.05, 0.1) is 13.7 Å². The molecule has 1 heterocycles. The Kier molecular flexibility index (Phi) is 5.20. The summed E-state index contributed by atoms with van der Waals surface area (Å²) in [5, 5.41) is 12.3. The first-order chi connectivity index (χ1) is 10.0. The lowest BCUT2D eigenvalue weighted by molar-refractivity contribution is -0.118. The largest absolute Gasteiger partial charge is 0.497 e. The lowest BCUT2D eigenvalue weighted by Crippen LogP contribution is -2.46. The predicted molar refractivity (Wildman–Crippen MR) is 82.5 cm³/mol. The molecule has 1 aromatic rings. The van der Waals surface area contributed by atoms with Gasteiger partial charge in [0.15, 0.2) is 0 Å². The molecule has 1 aliphatic heterocycles. The molecule has 0 spiro atoms. The van der Waals surface area contributed by atoms with E-state index in [4.69, 9.17) is 4.74 Å². The number of aliphatic hydroxyl groups is 1. The van der Waals surface area contributed by atoms with Crippen LogP contribution in [-0.2, 0) is 4.79 Å². The van der Waals surface area contributed by atoms with Gasteiger partial charge < -0.3 is 15.2 Å². The topological polar surface area (TPSA) is 61.8 Å². The summed E-state index contributed by atoms with van der Waals surface area (Å²) in [6.45, 7) is 4.27. The van der Waals surface area contributed by atoms with Crippen molar-refractivity contribution in [3.05, 3.63) is 24.3 Å². The van der Waals surface area contributed by atoms with Gasteiger partial charge in [-0.25, -0.2) is 0 Å². The Bertz CT molecular complexity index is 475. The molecule has 1 atom stereocenters. The molecule has 0 bridgehead atoms. The number of anilines is 1. The Morgan fingerprint density at radius 3 is 2.76 bits per heavy atom. The first kappa shape index (κ1) is 15.8. The molecule has 0 aliphatic carbocycles. The molecule has 2 N–H and O–H groups in total. The zero-order valence-corrected chi connectivity index (χ0v) is 12.8. The van der Waals surface area contributed by atoms with Crippen LogP contribution in [0.1, 0.15) is 19.8 Å². The number of rotatable bonds is 5. The standard InChI is InChI=1S/C16H24N2O3/c1-16(12-19)8-3-9-18(11-16)10-15(20)17-13-4-6-14(21-2)7-5-13/h4-7,19H,3,8-12H2,1-2H3,(H,17,20). The zero-order valence-electron chi connectivity index (χ0n) is 12.8. The maximum Gasteiger partial charge on any atom is 0.238 e. The molecule has 0 aromatic heterocycles. The van der Waals surface area contributed by atoms with Crippen molar-refractivity contribution in [2.24, 2.45) is 5.41 Å². The lowest BCUT2D eigenvalue weighted by Gasteiger charge is -2.38. The lowest BCUT2D eigenvalue weighted by atomic mass is 9.83. The van der Waals surface area contributed by atoms with Gasteiger partial charge in [-0.2, -0.15) is 0 Å². The second-order valence-corrected chi connectivity index (χ2v) is 6.06. The molecular formula is C16H24N2O3. The van der Waals surface area contributed by atoms with E-state index >= 15 is 0 Å². The summed E-state index contributed by atoms with van der Waals surface area (Å²) in [5.74, 6) is 0.741. The Labute approximate surface area is 125 Å². The third-order valence-electron chi connectivity index (χ3n) is 3.98. The fraction of sp³-hybridized carbons (Fsp3) is 0.562. The summed E-state index contributed by atoms with van der Waals surface area (Å²) in [5.41, 5.74) is 0.682. The molecule has 1 unspecified atom stereocenters. The Hall–Kier alpha value is -1.59. The minimum Gasteiger partial charge on any atom is -0.497 e. The smallest absolute Gasteiger partial charge is 0.238 e. The molecule has 1 aromatic carbocycles. The highest BCUT2D eigenvalue weighted by Gasteiger charge is 2.30. The van der Waals surface area contributed by atoms with E-state index in [0.29, 0.717) is 6.54 Å². The second kappa shape index (κ2) is 6.91. The van der Waals surface area contributed by atoms with E-state index in [1.807, 2.05) is 24.3 Å². The molecular weight excluding hydrogens is 268 g/mol. The highest BCUT2D eigenvalue weighted by molar-refractivity contribution is 5.92. The van der Waals surface area contributed by atoms with Crippen LogP contribution in [0.5, 0.6) is 5.75 Å². The Balaban J connectivity index is 1.86. The van der Waals surface area contributed by atoms with Crippen LogP contribution < -0.4 is 10.1 Å². The molecule has 0 saturated carbocycles. The molecule has 21 heavy (non-hydrogen) atoms. The number of amides is 1. The summed E-state index contributed by atoms with van der Waals surface area (Å²) in [6, 6.07) is 7.29. The van der Waals surface area contributed by atoms with E-state index in [1.165, 1.54) is 0 Å². The van der Waals surface area contributed by atoms with Gasteiger partial charge in [-0.05, 0) is 43.7 Å². The monoisotopic (exact) mass is 292 g/mol. The first-order valence-electron chi connectivity index (χ1n) is 7.32. The summed E-state index contributed by atoms with van der Waals surface area (Å²) < 4.78 is 5.09. The molecule has 1 saturated heterocycles. The third-order valence-corrected chi connectivity index (χ3v) is 3.98. The number of nitrogens with one attached hydrogen (secondary N) is 1. The number of carbonyl (C=O) groups excluding carboxylic acids is 1. The Morgan fingerprint density at radius 2 is 2.14 bits per heavy atom. The van der Waals surface area contributed by atoms with E-state index in [-0.39, 0.29) is 17.9 Å². The quantitative estimate of drug-likeness (QED) is 0.867. The van der Waals surface area contributed by atoms with Crippen molar-refractivity contribution >= 4 is 11.6 Å². The van der Waals surface area contributed by atoms with Crippen LogP contribution in [0.25, 0.3) is 0 Å². The molecule has 5 heteroatoms. The van der Waals surface area contributed by atoms with Crippen molar-refractivity contribution in [2.75, 3.05) is 38.7 Å². The van der Waals surface area contributed by atoms with E-state index in [2.05, 4.69) is 17.1 Å². The summed E-state index contributed by atoms with van der Waals surface area (Å²) in [4.78, 5) is 14.2. The Morgan fingerprint density at radius 1 is 1.43 bits per heavy atom. The average Bonchev–Trinajstić information content (AvgIpc) is 2.48. The maximum atomic E-state index is 12.1.